The third kappa shape index (κ3) is 5.35. The standard InChI is InChI=1S/C19H30N6OS/c1-14-21-18(27-23-14)20-13-15-7-5-6-10-24(15)11-12-25-17(26)9-8-16(22-25)19(2,3)4/h8-9,15H,5-7,10-13H2,1-4H3,(H,20,21,23). The van der Waals surface area contributed by atoms with Crippen molar-refractivity contribution in [2.45, 2.75) is 65.0 Å². The first-order chi connectivity index (χ1) is 12.8. The third-order valence-electron chi connectivity index (χ3n) is 5.00. The molecule has 0 saturated carbocycles. The first-order valence-corrected chi connectivity index (χ1v) is 10.5. The zero-order valence-electron chi connectivity index (χ0n) is 16.7. The maximum absolute atomic E-state index is 12.2. The summed E-state index contributed by atoms with van der Waals surface area (Å²) < 4.78 is 5.84. The van der Waals surface area contributed by atoms with Crippen LogP contribution in [0.3, 0.4) is 0 Å². The summed E-state index contributed by atoms with van der Waals surface area (Å²) in [7, 11) is 0. The van der Waals surface area contributed by atoms with E-state index in [1.807, 2.05) is 13.0 Å². The number of nitrogens with zero attached hydrogens (tertiary/aromatic N) is 5. The maximum atomic E-state index is 12.2. The van der Waals surface area contributed by atoms with Crippen LogP contribution in [0.25, 0.3) is 0 Å². The highest BCUT2D eigenvalue weighted by Gasteiger charge is 2.23. The molecule has 1 saturated heterocycles. The maximum Gasteiger partial charge on any atom is 0.266 e. The van der Waals surface area contributed by atoms with Crippen LogP contribution in [0.1, 0.15) is 51.6 Å². The number of aryl methyl sites for hydroxylation is 1. The van der Waals surface area contributed by atoms with E-state index in [0.29, 0.717) is 12.6 Å². The average Bonchev–Trinajstić information content (AvgIpc) is 3.04. The fourth-order valence-electron chi connectivity index (χ4n) is 3.39. The van der Waals surface area contributed by atoms with E-state index in [9.17, 15) is 4.79 Å². The fraction of sp³-hybridized carbons (Fsp3) is 0.684. The summed E-state index contributed by atoms with van der Waals surface area (Å²) in [6.45, 7) is 11.6. The molecule has 1 aliphatic rings. The molecule has 2 aromatic rings. The van der Waals surface area contributed by atoms with Gasteiger partial charge in [-0.05, 0) is 32.4 Å². The molecule has 27 heavy (non-hydrogen) atoms. The highest BCUT2D eigenvalue weighted by atomic mass is 32.1. The molecule has 148 valence electrons. The van der Waals surface area contributed by atoms with Gasteiger partial charge in [-0.15, -0.1) is 0 Å². The van der Waals surface area contributed by atoms with Crippen molar-refractivity contribution in [2.75, 3.05) is 25.0 Å². The van der Waals surface area contributed by atoms with Gasteiger partial charge < -0.3 is 5.32 Å². The molecule has 0 aromatic carbocycles. The lowest BCUT2D eigenvalue weighted by Gasteiger charge is -2.35. The largest absolute Gasteiger partial charge is 0.359 e. The van der Waals surface area contributed by atoms with Gasteiger partial charge in [-0.25, -0.2) is 9.67 Å². The predicted octanol–water partition coefficient (Wildman–Crippen LogP) is 2.67. The summed E-state index contributed by atoms with van der Waals surface area (Å²) in [6.07, 6.45) is 3.61. The van der Waals surface area contributed by atoms with Crippen LogP contribution in [0.2, 0.25) is 0 Å². The van der Waals surface area contributed by atoms with E-state index in [0.717, 1.165) is 42.7 Å². The van der Waals surface area contributed by atoms with Gasteiger partial charge in [0.15, 0.2) is 0 Å². The van der Waals surface area contributed by atoms with Gasteiger partial charge in [-0.3, -0.25) is 9.69 Å². The Balaban J connectivity index is 1.62. The van der Waals surface area contributed by atoms with Crippen molar-refractivity contribution in [3.63, 3.8) is 0 Å². The lowest BCUT2D eigenvalue weighted by atomic mass is 9.92. The summed E-state index contributed by atoms with van der Waals surface area (Å²) in [6, 6.07) is 3.93. The molecule has 8 heteroatoms. The number of likely N-dealkylation sites (tertiary alicyclic amines) is 1. The van der Waals surface area contributed by atoms with E-state index < -0.39 is 0 Å². The first-order valence-electron chi connectivity index (χ1n) is 9.70. The van der Waals surface area contributed by atoms with Crippen LogP contribution >= 0.6 is 11.5 Å². The Morgan fingerprint density at radius 2 is 2.07 bits per heavy atom. The van der Waals surface area contributed by atoms with Gasteiger partial charge in [0.25, 0.3) is 5.56 Å². The van der Waals surface area contributed by atoms with E-state index in [4.69, 9.17) is 0 Å². The second kappa shape index (κ2) is 8.48. The van der Waals surface area contributed by atoms with E-state index in [-0.39, 0.29) is 11.0 Å². The molecule has 1 fully saturated rings. The first kappa shape index (κ1) is 19.9. The van der Waals surface area contributed by atoms with Crippen molar-refractivity contribution in [1.29, 1.82) is 0 Å². The van der Waals surface area contributed by atoms with Crippen molar-refractivity contribution in [1.82, 2.24) is 24.0 Å². The molecule has 3 heterocycles. The van der Waals surface area contributed by atoms with Gasteiger partial charge in [-0.1, -0.05) is 27.2 Å². The van der Waals surface area contributed by atoms with Gasteiger partial charge in [0.05, 0.1) is 12.2 Å². The summed E-state index contributed by atoms with van der Waals surface area (Å²) >= 11 is 1.41. The Hall–Kier alpha value is -1.80. The Morgan fingerprint density at radius 3 is 2.78 bits per heavy atom. The Morgan fingerprint density at radius 1 is 1.26 bits per heavy atom. The second-order valence-corrected chi connectivity index (χ2v) is 9.00. The van der Waals surface area contributed by atoms with Crippen LogP contribution in [0.15, 0.2) is 16.9 Å². The highest BCUT2D eigenvalue weighted by Crippen LogP contribution is 2.20. The van der Waals surface area contributed by atoms with Gasteiger partial charge in [0, 0.05) is 42.1 Å². The molecule has 7 nitrogen and oxygen atoms in total. The molecule has 0 amide bonds. The molecular formula is C19H30N6OS. The minimum Gasteiger partial charge on any atom is -0.359 e. The van der Waals surface area contributed by atoms with Crippen molar-refractivity contribution in [3.05, 3.63) is 34.0 Å². The molecule has 0 radical (unpaired) electrons. The monoisotopic (exact) mass is 390 g/mol. The van der Waals surface area contributed by atoms with Crippen molar-refractivity contribution in [3.8, 4) is 0 Å². The van der Waals surface area contributed by atoms with Crippen molar-refractivity contribution in [2.24, 2.45) is 0 Å². The molecule has 1 N–H and O–H groups in total. The molecule has 1 unspecified atom stereocenters. The number of aromatic nitrogens is 4. The highest BCUT2D eigenvalue weighted by molar-refractivity contribution is 7.09. The minimum atomic E-state index is -0.0626. The quantitative estimate of drug-likeness (QED) is 0.817. The molecule has 0 aliphatic carbocycles. The predicted molar refractivity (Wildman–Crippen MR) is 110 cm³/mol. The summed E-state index contributed by atoms with van der Waals surface area (Å²) in [5, 5.41) is 8.90. The van der Waals surface area contributed by atoms with Crippen LogP contribution in [0.5, 0.6) is 0 Å². The van der Waals surface area contributed by atoms with Crippen LogP contribution in [-0.2, 0) is 12.0 Å². The summed E-state index contributed by atoms with van der Waals surface area (Å²) in [4.78, 5) is 19.1. The summed E-state index contributed by atoms with van der Waals surface area (Å²) in [5.74, 6) is 0.812. The third-order valence-corrected chi connectivity index (χ3v) is 5.76. The number of piperidine rings is 1. The lowest BCUT2D eigenvalue weighted by molar-refractivity contribution is 0.147. The molecule has 1 aliphatic heterocycles. The molecule has 3 rings (SSSR count). The van der Waals surface area contributed by atoms with Crippen LogP contribution in [-0.4, -0.2) is 49.7 Å². The smallest absolute Gasteiger partial charge is 0.266 e. The zero-order chi connectivity index (χ0) is 19.4. The normalized spacial score (nSPS) is 18.6. The lowest BCUT2D eigenvalue weighted by Crippen LogP contribution is -2.45. The van der Waals surface area contributed by atoms with Crippen LogP contribution < -0.4 is 10.9 Å². The van der Waals surface area contributed by atoms with Crippen molar-refractivity contribution < 1.29 is 0 Å². The number of anilines is 1. The zero-order valence-corrected chi connectivity index (χ0v) is 17.6. The topological polar surface area (TPSA) is 75.9 Å². The SMILES string of the molecule is Cc1nsc(NCC2CCCCN2CCn2nc(C(C)(C)C)ccc2=O)n1. The fourth-order valence-corrected chi connectivity index (χ4v) is 3.97. The molecule has 0 bridgehead atoms. The second-order valence-electron chi connectivity index (χ2n) is 8.24. The van der Waals surface area contributed by atoms with Gasteiger partial charge >= 0.3 is 0 Å². The average molecular weight is 391 g/mol. The summed E-state index contributed by atoms with van der Waals surface area (Å²) in [5.41, 5.74) is 0.858. The molecule has 2 aromatic heterocycles. The van der Waals surface area contributed by atoms with E-state index in [1.165, 1.54) is 24.4 Å². The molecule has 1 atom stereocenters. The van der Waals surface area contributed by atoms with E-state index in [2.05, 4.69) is 45.4 Å². The number of nitrogens with one attached hydrogen (secondary N) is 1. The van der Waals surface area contributed by atoms with Crippen LogP contribution in [0.4, 0.5) is 5.13 Å². The number of rotatable bonds is 6. The molecule has 0 spiro atoms. The van der Waals surface area contributed by atoms with Gasteiger partial charge in [0.1, 0.15) is 5.82 Å². The number of hydrogen-bond donors (Lipinski definition) is 1. The minimum absolute atomic E-state index is 0.0287. The van der Waals surface area contributed by atoms with E-state index in [1.54, 1.807) is 10.7 Å². The van der Waals surface area contributed by atoms with Gasteiger partial charge in [0.2, 0.25) is 5.13 Å². The van der Waals surface area contributed by atoms with E-state index >= 15 is 0 Å². The Bertz CT molecular complexity index is 809. The molecular weight excluding hydrogens is 360 g/mol. The number of hydrogen-bond acceptors (Lipinski definition) is 7. The van der Waals surface area contributed by atoms with Crippen LogP contribution in [0, 0.1) is 6.92 Å². The Kier molecular flexibility index (Phi) is 6.26. The Labute approximate surface area is 165 Å². The van der Waals surface area contributed by atoms with Crippen molar-refractivity contribution >= 4 is 16.7 Å². The van der Waals surface area contributed by atoms with Gasteiger partial charge in [-0.2, -0.15) is 9.47 Å².